The lowest BCUT2D eigenvalue weighted by molar-refractivity contribution is -0.161. The Morgan fingerprint density at radius 1 is 0.260 bits per heavy atom. The Labute approximate surface area is 638 Å². The minimum Gasteiger partial charge on any atom is -0.462 e. The lowest BCUT2D eigenvalue weighted by atomic mass is 10.0. The van der Waals surface area contributed by atoms with Crippen LogP contribution in [0.25, 0.3) is 0 Å². The summed E-state index contributed by atoms with van der Waals surface area (Å²) in [7, 11) is -9.92. The van der Waals surface area contributed by atoms with E-state index in [2.05, 4.69) is 34.6 Å². The Kier molecular flexibility index (Phi) is 76.3. The summed E-state index contributed by atoms with van der Waals surface area (Å²) in [5, 5.41) is 10.7. The van der Waals surface area contributed by atoms with Gasteiger partial charge in [-0.25, -0.2) is 9.13 Å². The zero-order valence-corrected chi connectivity index (χ0v) is 70.0. The van der Waals surface area contributed by atoms with Crippen molar-refractivity contribution >= 4 is 39.5 Å². The van der Waals surface area contributed by atoms with Gasteiger partial charge in [-0.05, 0) is 31.6 Å². The molecule has 618 valence electrons. The number of hydrogen-bond donors (Lipinski definition) is 3. The molecular formula is C85H166O17P2. The fraction of sp³-hybridized carbons (Fsp3) is 0.953. The van der Waals surface area contributed by atoms with Crippen LogP contribution in [0.5, 0.6) is 0 Å². The van der Waals surface area contributed by atoms with Gasteiger partial charge in [-0.3, -0.25) is 37.3 Å². The lowest BCUT2D eigenvalue weighted by Gasteiger charge is -2.21. The highest BCUT2D eigenvalue weighted by atomic mass is 31.2. The number of hydrogen-bond acceptors (Lipinski definition) is 15. The van der Waals surface area contributed by atoms with Crippen LogP contribution < -0.4 is 0 Å². The van der Waals surface area contributed by atoms with Crippen LogP contribution in [0.15, 0.2) is 0 Å². The zero-order valence-electron chi connectivity index (χ0n) is 68.2. The number of aliphatic hydroxyl groups is 1. The van der Waals surface area contributed by atoms with Gasteiger partial charge in [0.2, 0.25) is 0 Å². The second-order valence-corrected chi connectivity index (χ2v) is 34.0. The highest BCUT2D eigenvalue weighted by Crippen LogP contribution is 2.45. The number of aliphatic hydroxyl groups excluding tert-OH is 1. The van der Waals surface area contributed by atoms with E-state index in [4.69, 9.17) is 37.0 Å². The van der Waals surface area contributed by atoms with Crippen LogP contribution in [0.4, 0.5) is 0 Å². The molecule has 0 rings (SSSR count). The maximum atomic E-state index is 13.1. The normalized spacial score (nSPS) is 13.8. The summed E-state index contributed by atoms with van der Waals surface area (Å²) < 4.78 is 68.8. The number of carbonyl (C=O) groups is 4. The molecular weight excluding hydrogens is 1350 g/mol. The maximum Gasteiger partial charge on any atom is 0.472 e. The predicted octanol–water partition coefficient (Wildman–Crippen LogP) is 26.0. The van der Waals surface area contributed by atoms with Gasteiger partial charge in [-0.2, -0.15) is 0 Å². The summed E-state index contributed by atoms with van der Waals surface area (Å²) in [6.07, 6.45) is 71.1. The van der Waals surface area contributed by atoms with Crippen molar-refractivity contribution in [1.82, 2.24) is 0 Å². The number of carbonyl (C=O) groups excluding carboxylic acids is 4. The van der Waals surface area contributed by atoms with Gasteiger partial charge >= 0.3 is 39.5 Å². The largest absolute Gasteiger partial charge is 0.472 e. The van der Waals surface area contributed by atoms with Crippen LogP contribution in [-0.4, -0.2) is 96.7 Å². The van der Waals surface area contributed by atoms with E-state index in [1.807, 2.05) is 0 Å². The molecule has 2 unspecified atom stereocenters. The van der Waals surface area contributed by atoms with E-state index in [9.17, 15) is 43.2 Å². The van der Waals surface area contributed by atoms with Crippen molar-refractivity contribution in [3.05, 3.63) is 0 Å². The molecule has 17 nitrogen and oxygen atoms in total. The molecule has 104 heavy (non-hydrogen) atoms. The van der Waals surface area contributed by atoms with Gasteiger partial charge in [-0.1, -0.05) is 407 Å². The van der Waals surface area contributed by atoms with Gasteiger partial charge in [-0.15, -0.1) is 0 Å². The SMILES string of the molecule is CCCCCCCCCCCCCCCCCCCCCCCC(=O)OC[C@H](COP(=O)(O)OC[C@@H](O)COP(=O)(O)OC[C@@H](COC(=O)CCCCCCCCCC)OC(=O)CCCCCCCCCCCCCC(C)C)OC(=O)CCCCCCCCCCCCCCCCCCCCCCC. The fourth-order valence-corrected chi connectivity index (χ4v) is 14.9. The van der Waals surface area contributed by atoms with Gasteiger partial charge in [0, 0.05) is 25.7 Å². The molecule has 0 amide bonds. The molecule has 0 spiro atoms. The lowest BCUT2D eigenvalue weighted by Crippen LogP contribution is -2.30. The van der Waals surface area contributed by atoms with Crippen molar-refractivity contribution in [3.63, 3.8) is 0 Å². The fourth-order valence-electron chi connectivity index (χ4n) is 13.3. The second kappa shape index (κ2) is 77.8. The van der Waals surface area contributed by atoms with Gasteiger partial charge in [0.05, 0.1) is 26.4 Å². The molecule has 0 aromatic carbocycles. The number of ether oxygens (including phenoxy) is 4. The molecule has 0 aliphatic heterocycles. The monoisotopic (exact) mass is 1520 g/mol. The van der Waals surface area contributed by atoms with Gasteiger partial charge in [0.15, 0.2) is 12.2 Å². The van der Waals surface area contributed by atoms with Crippen molar-refractivity contribution in [2.45, 2.75) is 477 Å². The minimum atomic E-state index is -4.96. The molecule has 3 N–H and O–H groups in total. The summed E-state index contributed by atoms with van der Waals surface area (Å²) in [6, 6.07) is 0. The average molecular weight is 1520 g/mol. The summed E-state index contributed by atoms with van der Waals surface area (Å²) >= 11 is 0. The molecule has 0 aliphatic rings. The van der Waals surface area contributed by atoms with E-state index in [-0.39, 0.29) is 25.7 Å². The Balaban J connectivity index is 5.17. The van der Waals surface area contributed by atoms with Gasteiger partial charge in [0.1, 0.15) is 19.3 Å². The maximum absolute atomic E-state index is 13.1. The first-order valence-corrected chi connectivity index (χ1v) is 47.1. The molecule has 0 bridgehead atoms. The third-order valence-electron chi connectivity index (χ3n) is 20.0. The van der Waals surface area contributed by atoms with E-state index < -0.39 is 97.5 Å². The van der Waals surface area contributed by atoms with Gasteiger partial charge < -0.3 is 33.8 Å². The van der Waals surface area contributed by atoms with E-state index in [1.165, 1.54) is 276 Å². The van der Waals surface area contributed by atoms with E-state index >= 15 is 0 Å². The third kappa shape index (κ3) is 78.2. The average Bonchev–Trinajstić information content (AvgIpc) is 0.937. The van der Waals surface area contributed by atoms with Crippen LogP contribution in [-0.2, 0) is 65.4 Å². The van der Waals surface area contributed by atoms with Gasteiger partial charge in [0.25, 0.3) is 0 Å². The number of rotatable bonds is 85. The molecule has 0 aromatic heterocycles. The molecule has 0 aliphatic carbocycles. The number of phosphoric ester groups is 2. The smallest absolute Gasteiger partial charge is 0.462 e. The molecule has 0 aromatic rings. The summed E-state index contributed by atoms with van der Waals surface area (Å²) in [6.45, 7) is 7.32. The molecule has 5 atom stereocenters. The molecule has 0 saturated carbocycles. The van der Waals surface area contributed by atoms with Crippen LogP contribution >= 0.6 is 15.6 Å². The third-order valence-corrected chi connectivity index (χ3v) is 21.9. The number of esters is 4. The van der Waals surface area contributed by atoms with Crippen molar-refractivity contribution in [1.29, 1.82) is 0 Å². The van der Waals surface area contributed by atoms with E-state index in [0.717, 1.165) is 102 Å². The second-order valence-electron chi connectivity index (χ2n) is 31.1. The van der Waals surface area contributed by atoms with Crippen LogP contribution in [0.2, 0.25) is 0 Å². The quantitative estimate of drug-likeness (QED) is 0.0222. The number of unbranched alkanes of at least 4 members (excludes halogenated alkanes) is 57. The van der Waals surface area contributed by atoms with Crippen molar-refractivity contribution < 1.29 is 80.2 Å². The topological polar surface area (TPSA) is 237 Å². The zero-order chi connectivity index (χ0) is 76.2. The Hall–Kier alpha value is -1.94. The van der Waals surface area contributed by atoms with E-state index in [1.54, 1.807) is 0 Å². The number of phosphoric acid groups is 2. The standard InChI is InChI=1S/C85H166O17P2/c1-6-9-12-15-18-21-23-25-27-29-31-33-35-37-39-41-45-49-54-59-64-69-83(88)96-75-81(102-84(89)70-65-60-55-50-46-42-40-38-36-34-32-30-28-26-24-22-19-16-13-10-7-2)77-100-104(93,94)98-73-79(86)72-97-103(91,92)99-76-80(74-95-82(87)68-63-58-53-20-17-14-11-8-3)101-85(90)71-66-61-56-51-47-43-44-48-52-57-62-67-78(4)5/h78-81,86H,6-77H2,1-5H3,(H,91,92)(H,93,94)/t79-,80+,81+/m0/s1. The summed E-state index contributed by atoms with van der Waals surface area (Å²) in [4.78, 5) is 73.0. The predicted molar refractivity (Wildman–Crippen MR) is 428 cm³/mol. The first-order chi connectivity index (χ1) is 50.5. The van der Waals surface area contributed by atoms with Crippen molar-refractivity contribution in [3.8, 4) is 0 Å². The molecule has 0 radical (unpaired) electrons. The molecule has 0 saturated heterocycles. The van der Waals surface area contributed by atoms with E-state index in [0.29, 0.717) is 25.7 Å². The summed E-state index contributed by atoms with van der Waals surface area (Å²) in [5.74, 6) is -1.34. The minimum absolute atomic E-state index is 0.107. The Bertz CT molecular complexity index is 1980. The highest BCUT2D eigenvalue weighted by molar-refractivity contribution is 7.47. The Morgan fingerprint density at radius 3 is 0.654 bits per heavy atom. The van der Waals surface area contributed by atoms with Crippen LogP contribution in [0, 0.1) is 5.92 Å². The van der Waals surface area contributed by atoms with Crippen LogP contribution in [0.3, 0.4) is 0 Å². The first kappa shape index (κ1) is 102. The molecule has 0 fully saturated rings. The first-order valence-electron chi connectivity index (χ1n) is 44.1. The highest BCUT2D eigenvalue weighted by Gasteiger charge is 2.30. The van der Waals surface area contributed by atoms with Crippen LogP contribution in [0.1, 0.15) is 458 Å². The molecule has 19 heteroatoms. The van der Waals surface area contributed by atoms with Crippen molar-refractivity contribution in [2.75, 3.05) is 39.6 Å². The Morgan fingerprint density at radius 2 is 0.442 bits per heavy atom. The van der Waals surface area contributed by atoms with Crippen molar-refractivity contribution in [2.24, 2.45) is 5.92 Å². The molecule has 0 heterocycles. The summed E-state index contributed by atoms with van der Waals surface area (Å²) in [5.41, 5.74) is 0.